The maximum absolute atomic E-state index is 5.72. The van der Waals surface area contributed by atoms with Gasteiger partial charge in [0.2, 0.25) is 0 Å². The quantitative estimate of drug-likeness (QED) is 0.474. The van der Waals surface area contributed by atoms with E-state index in [0.717, 1.165) is 23.3 Å². The van der Waals surface area contributed by atoms with Crippen molar-refractivity contribution in [3.63, 3.8) is 0 Å². The van der Waals surface area contributed by atoms with Crippen LogP contribution < -0.4 is 16.0 Å². The zero-order chi connectivity index (χ0) is 14.5. The Morgan fingerprint density at radius 1 is 1.20 bits per heavy atom. The van der Waals surface area contributed by atoms with Gasteiger partial charge in [-0.3, -0.25) is 11.3 Å². The van der Waals surface area contributed by atoms with Crippen molar-refractivity contribution in [1.82, 2.24) is 5.43 Å². The highest BCUT2D eigenvalue weighted by Crippen LogP contribution is 2.25. The first kappa shape index (κ1) is 15.3. The van der Waals surface area contributed by atoms with Crippen LogP contribution in [-0.2, 0) is 6.42 Å². The molecular weight excluding hydrogens is 363 g/mol. The molecule has 0 saturated carbocycles. The fraction of sp³-hybridized carbons (Fsp3) is 0.250. The van der Waals surface area contributed by atoms with E-state index in [2.05, 4.69) is 64.4 Å². The Morgan fingerprint density at radius 2 is 1.90 bits per heavy atom. The fourth-order valence-corrected chi connectivity index (χ4v) is 2.54. The Bertz CT molecular complexity index is 569. The summed E-state index contributed by atoms with van der Waals surface area (Å²) in [4.78, 5) is 0. The van der Waals surface area contributed by atoms with Crippen LogP contribution in [0.15, 0.2) is 42.5 Å². The van der Waals surface area contributed by atoms with Crippen LogP contribution in [0.25, 0.3) is 0 Å². The Kier molecular flexibility index (Phi) is 5.39. The molecule has 2 rings (SSSR count). The molecule has 0 radical (unpaired) electrons. The second-order valence-electron chi connectivity index (χ2n) is 4.78. The molecule has 2 aromatic carbocycles. The molecule has 4 heteroatoms. The maximum atomic E-state index is 5.72. The van der Waals surface area contributed by atoms with Gasteiger partial charge in [-0.1, -0.05) is 24.3 Å². The number of rotatable bonds is 5. The van der Waals surface area contributed by atoms with Gasteiger partial charge in [-0.2, -0.15) is 0 Å². The maximum Gasteiger partial charge on any atom is 0.122 e. The zero-order valence-electron chi connectivity index (χ0n) is 11.7. The standard InChI is InChI=1S/C16H19IN2O/c1-11-3-6-13(10-16(11)20-2)15(19-18)9-12-4-7-14(17)8-5-12/h3-8,10,15,19H,9,18H2,1-2H3. The number of hydrogen-bond donors (Lipinski definition) is 2. The number of methoxy groups -OCH3 is 1. The Hall–Kier alpha value is -1.11. The van der Waals surface area contributed by atoms with Gasteiger partial charge in [-0.15, -0.1) is 0 Å². The minimum Gasteiger partial charge on any atom is -0.496 e. The molecule has 3 N–H and O–H groups in total. The molecule has 0 aliphatic heterocycles. The van der Waals surface area contributed by atoms with Crippen molar-refractivity contribution < 1.29 is 4.74 Å². The van der Waals surface area contributed by atoms with Crippen molar-refractivity contribution in [2.24, 2.45) is 5.84 Å². The van der Waals surface area contributed by atoms with Crippen LogP contribution in [0.1, 0.15) is 22.7 Å². The van der Waals surface area contributed by atoms with Crippen molar-refractivity contribution in [3.8, 4) is 5.75 Å². The molecule has 106 valence electrons. The monoisotopic (exact) mass is 382 g/mol. The predicted octanol–water partition coefficient (Wildman–Crippen LogP) is 3.36. The van der Waals surface area contributed by atoms with Crippen molar-refractivity contribution in [2.45, 2.75) is 19.4 Å². The Balaban J connectivity index is 2.21. The highest BCUT2D eigenvalue weighted by Gasteiger charge is 2.12. The third kappa shape index (κ3) is 3.71. The van der Waals surface area contributed by atoms with Gasteiger partial charge < -0.3 is 4.74 Å². The summed E-state index contributed by atoms with van der Waals surface area (Å²) in [6.07, 6.45) is 0.847. The highest BCUT2D eigenvalue weighted by molar-refractivity contribution is 14.1. The van der Waals surface area contributed by atoms with E-state index in [1.54, 1.807) is 7.11 Å². The molecule has 0 heterocycles. The molecule has 1 atom stereocenters. The molecule has 0 fully saturated rings. The zero-order valence-corrected chi connectivity index (χ0v) is 13.8. The Labute approximate surface area is 133 Å². The summed E-state index contributed by atoms with van der Waals surface area (Å²) in [6.45, 7) is 2.03. The third-order valence-electron chi connectivity index (χ3n) is 3.39. The van der Waals surface area contributed by atoms with E-state index in [0.29, 0.717) is 0 Å². The lowest BCUT2D eigenvalue weighted by molar-refractivity contribution is 0.410. The number of nitrogens with one attached hydrogen (secondary N) is 1. The number of hydrogen-bond acceptors (Lipinski definition) is 3. The molecule has 3 nitrogen and oxygen atoms in total. The average molecular weight is 382 g/mol. The largest absolute Gasteiger partial charge is 0.496 e. The van der Waals surface area contributed by atoms with Crippen LogP contribution in [0, 0.1) is 10.5 Å². The summed E-state index contributed by atoms with van der Waals surface area (Å²) in [5, 5.41) is 0. The van der Waals surface area contributed by atoms with E-state index in [4.69, 9.17) is 10.6 Å². The lowest BCUT2D eigenvalue weighted by Crippen LogP contribution is -2.29. The first-order valence-electron chi connectivity index (χ1n) is 6.49. The number of ether oxygens (including phenoxy) is 1. The molecule has 0 aliphatic carbocycles. The number of nitrogens with two attached hydrogens (primary N) is 1. The number of hydrazine groups is 1. The lowest BCUT2D eigenvalue weighted by atomic mass is 9.98. The highest BCUT2D eigenvalue weighted by atomic mass is 127. The van der Waals surface area contributed by atoms with Gasteiger partial charge in [0.1, 0.15) is 5.75 Å². The second-order valence-corrected chi connectivity index (χ2v) is 6.02. The Morgan fingerprint density at radius 3 is 2.50 bits per heavy atom. The minimum absolute atomic E-state index is 0.0737. The van der Waals surface area contributed by atoms with E-state index < -0.39 is 0 Å². The van der Waals surface area contributed by atoms with Gasteiger partial charge in [0.25, 0.3) is 0 Å². The molecule has 2 aromatic rings. The molecule has 0 aromatic heterocycles. The van der Waals surface area contributed by atoms with Crippen LogP contribution in [0.4, 0.5) is 0 Å². The van der Waals surface area contributed by atoms with Gasteiger partial charge >= 0.3 is 0 Å². The van der Waals surface area contributed by atoms with Gasteiger partial charge in [0.05, 0.1) is 13.2 Å². The SMILES string of the molecule is COc1cc(C(Cc2ccc(I)cc2)NN)ccc1C. The summed E-state index contributed by atoms with van der Waals surface area (Å²) in [5.41, 5.74) is 6.41. The van der Waals surface area contributed by atoms with Gasteiger partial charge in [0.15, 0.2) is 0 Å². The van der Waals surface area contributed by atoms with E-state index in [-0.39, 0.29) is 6.04 Å². The fourth-order valence-electron chi connectivity index (χ4n) is 2.18. The molecule has 0 amide bonds. The summed E-state index contributed by atoms with van der Waals surface area (Å²) < 4.78 is 6.61. The molecule has 20 heavy (non-hydrogen) atoms. The van der Waals surface area contributed by atoms with Crippen LogP contribution in [0.5, 0.6) is 5.75 Å². The molecule has 0 aliphatic rings. The number of benzene rings is 2. The van der Waals surface area contributed by atoms with E-state index in [1.807, 2.05) is 13.0 Å². The van der Waals surface area contributed by atoms with Crippen molar-refractivity contribution in [1.29, 1.82) is 0 Å². The van der Waals surface area contributed by atoms with Gasteiger partial charge in [-0.05, 0) is 70.8 Å². The first-order chi connectivity index (χ1) is 9.63. The van der Waals surface area contributed by atoms with Crippen molar-refractivity contribution >= 4 is 22.6 Å². The molecular formula is C16H19IN2O. The van der Waals surface area contributed by atoms with Crippen LogP contribution in [0.3, 0.4) is 0 Å². The lowest BCUT2D eigenvalue weighted by Gasteiger charge is -2.18. The van der Waals surface area contributed by atoms with Crippen molar-refractivity contribution in [2.75, 3.05) is 7.11 Å². The van der Waals surface area contributed by atoms with Gasteiger partial charge in [0, 0.05) is 3.57 Å². The predicted molar refractivity (Wildman–Crippen MR) is 90.7 cm³/mol. The molecule has 0 spiro atoms. The van der Waals surface area contributed by atoms with Crippen molar-refractivity contribution in [3.05, 3.63) is 62.7 Å². The van der Waals surface area contributed by atoms with Crippen LogP contribution >= 0.6 is 22.6 Å². The molecule has 0 bridgehead atoms. The molecule has 0 saturated heterocycles. The average Bonchev–Trinajstić information content (AvgIpc) is 2.47. The molecule has 1 unspecified atom stereocenters. The third-order valence-corrected chi connectivity index (χ3v) is 4.11. The summed E-state index contributed by atoms with van der Waals surface area (Å²) >= 11 is 2.31. The second kappa shape index (κ2) is 7.06. The smallest absolute Gasteiger partial charge is 0.122 e. The van der Waals surface area contributed by atoms with Gasteiger partial charge in [-0.25, -0.2) is 0 Å². The summed E-state index contributed by atoms with van der Waals surface area (Å²) in [7, 11) is 1.69. The summed E-state index contributed by atoms with van der Waals surface area (Å²) in [5.74, 6) is 6.61. The van der Waals surface area contributed by atoms with Crippen LogP contribution in [0.2, 0.25) is 0 Å². The number of aryl methyl sites for hydroxylation is 1. The topological polar surface area (TPSA) is 47.3 Å². The normalized spacial score (nSPS) is 12.2. The van der Waals surface area contributed by atoms with E-state index in [9.17, 15) is 0 Å². The van der Waals surface area contributed by atoms with E-state index >= 15 is 0 Å². The first-order valence-corrected chi connectivity index (χ1v) is 7.57. The van der Waals surface area contributed by atoms with Crippen LogP contribution in [-0.4, -0.2) is 7.11 Å². The number of halogens is 1. The summed E-state index contributed by atoms with van der Waals surface area (Å²) in [6, 6.07) is 14.8. The minimum atomic E-state index is 0.0737. The van der Waals surface area contributed by atoms with E-state index in [1.165, 1.54) is 9.13 Å².